The van der Waals surface area contributed by atoms with Crippen LogP contribution in [-0.2, 0) is 9.59 Å². The summed E-state index contributed by atoms with van der Waals surface area (Å²) >= 11 is 0. The monoisotopic (exact) mass is 310 g/mol. The van der Waals surface area contributed by atoms with E-state index < -0.39 is 6.10 Å². The number of amides is 2. The van der Waals surface area contributed by atoms with Crippen molar-refractivity contribution in [2.24, 2.45) is 11.8 Å². The molecule has 2 amide bonds. The van der Waals surface area contributed by atoms with E-state index in [-0.39, 0.29) is 24.2 Å². The van der Waals surface area contributed by atoms with Crippen LogP contribution in [0.15, 0.2) is 0 Å². The molecule has 0 bridgehead atoms. The van der Waals surface area contributed by atoms with E-state index in [1.807, 2.05) is 0 Å². The largest absolute Gasteiger partial charge is 0.391 e. The van der Waals surface area contributed by atoms with Crippen molar-refractivity contribution >= 4 is 11.8 Å². The molecule has 126 valence electrons. The van der Waals surface area contributed by atoms with E-state index >= 15 is 0 Å². The Hall–Kier alpha value is -1.10. The smallest absolute Gasteiger partial charge is 0.223 e. The van der Waals surface area contributed by atoms with Gasteiger partial charge < -0.3 is 15.7 Å². The standard InChI is InChI=1S/C17H30N2O3/c20-15(13-6-4-5-7-13)12-19-16(21)10-11-18-17(22)14-8-2-1-3-9-14/h13-15,20H,1-12H2,(H,18,22)(H,19,21). The number of hydrogen-bond donors (Lipinski definition) is 3. The number of hydrogen-bond acceptors (Lipinski definition) is 3. The van der Waals surface area contributed by atoms with Gasteiger partial charge >= 0.3 is 0 Å². The summed E-state index contributed by atoms with van der Waals surface area (Å²) in [6.07, 6.45) is 9.82. The molecule has 0 heterocycles. The molecule has 2 saturated carbocycles. The SMILES string of the molecule is O=C(CCNC(=O)C1CCCCC1)NCC(O)C1CCCC1. The molecule has 1 unspecified atom stereocenters. The zero-order valence-electron chi connectivity index (χ0n) is 13.5. The number of rotatable bonds is 7. The molecule has 1 atom stereocenters. The van der Waals surface area contributed by atoms with Gasteiger partial charge in [-0.15, -0.1) is 0 Å². The molecule has 5 nitrogen and oxygen atoms in total. The van der Waals surface area contributed by atoms with Crippen LogP contribution in [0.4, 0.5) is 0 Å². The average Bonchev–Trinajstić information content (AvgIpc) is 3.08. The summed E-state index contributed by atoms with van der Waals surface area (Å²) in [4.78, 5) is 23.7. The van der Waals surface area contributed by atoms with Gasteiger partial charge in [0.1, 0.15) is 0 Å². The molecule has 2 aliphatic rings. The fourth-order valence-electron chi connectivity index (χ4n) is 3.62. The normalized spacial score (nSPS) is 21.5. The summed E-state index contributed by atoms with van der Waals surface area (Å²) in [5.74, 6) is 0.479. The minimum atomic E-state index is -0.428. The molecule has 3 N–H and O–H groups in total. The van der Waals surface area contributed by atoms with Crippen LogP contribution in [0, 0.1) is 11.8 Å². The lowest BCUT2D eigenvalue weighted by Gasteiger charge is -2.21. The third-order valence-electron chi connectivity index (χ3n) is 5.08. The summed E-state index contributed by atoms with van der Waals surface area (Å²) in [6.45, 7) is 0.723. The van der Waals surface area contributed by atoms with Crippen molar-refractivity contribution in [1.29, 1.82) is 0 Å². The Kier molecular flexibility index (Phi) is 7.16. The maximum atomic E-state index is 11.9. The first kappa shape index (κ1) is 17.3. The van der Waals surface area contributed by atoms with Crippen LogP contribution in [0.3, 0.4) is 0 Å². The van der Waals surface area contributed by atoms with Crippen molar-refractivity contribution in [2.45, 2.75) is 70.3 Å². The topological polar surface area (TPSA) is 78.4 Å². The Labute approximate surface area is 133 Å². The second-order valence-corrected chi connectivity index (χ2v) is 6.79. The summed E-state index contributed by atoms with van der Waals surface area (Å²) in [5, 5.41) is 15.6. The van der Waals surface area contributed by atoms with Gasteiger partial charge in [0, 0.05) is 25.4 Å². The quantitative estimate of drug-likeness (QED) is 0.670. The van der Waals surface area contributed by atoms with E-state index in [0.717, 1.165) is 38.5 Å². The maximum Gasteiger partial charge on any atom is 0.223 e. The number of aliphatic hydroxyl groups excluding tert-OH is 1. The molecule has 0 aromatic carbocycles. The van der Waals surface area contributed by atoms with Gasteiger partial charge in [0.15, 0.2) is 0 Å². The van der Waals surface area contributed by atoms with Gasteiger partial charge in [0.2, 0.25) is 11.8 Å². The number of aliphatic hydroxyl groups is 1. The van der Waals surface area contributed by atoms with E-state index in [4.69, 9.17) is 0 Å². The van der Waals surface area contributed by atoms with E-state index in [9.17, 15) is 14.7 Å². The molecule has 2 fully saturated rings. The molecule has 2 aliphatic carbocycles. The Morgan fingerprint density at radius 3 is 2.27 bits per heavy atom. The lowest BCUT2D eigenvalue weighted by molar-refractivity contribution is -0.126. The Balaban J connectivity index is 1.54. The van der Waals surface area contributed by atoms with E-state index in [1.165, 1.54) is 19.3 Å². The second kappa shape index (κ2) is 9.13. The van der Waals surface area contributed by atoms with Crippen LogP contribution >= 0.6 is 0 Å². The molecule has 2 rings (SSSR count). The average molecular weight is 310 g/mol. The molecule has 0 saturated heterocycles. The van der Waals surface area contributed by atoms with Crippen LogP contribution in [0.5, 0.6) is 0 Å². The Morgan fingerprint density at radius 1 is 0.955 bits per heavy atom. The first-order chi connectivity index (χ1) is 10.7. The molecule has 0 radical (unpaired) electrons. The van der Waals surface area contributed by atoms with Gasteiger partial charge in [-0.25, -0.2) is 0 Å². The molecule has 0 spiro atoms. The lowest BCUT2D eigenvalue weighted by atomic mass is 9.89. The molecule has 0 aliphatic heterocycles. The fraction of sp³-hybridized carbons (Fsp3) is 0.882. The number of nitrogens with one attached hydrogen (secondary N) is 2. The van der Waals surface area contributed by atoms with Gasteiger partial charge in [-0.05, 0) is 31.6 Å². The molecule has 22 heavy (non-hydrogen) atoms. The molecular formula is C17H30N2O3. The minimum Gasteiger partial charge on any atom is -0.391 e. The predicted octanol–water partition coefficient (Wildman–Crippen LogP) is 1.74. The first-order valence-electron chi connectivity index (χ1n) is 8.89. The zero-order valence-corrected chi connectivity index (χ0v) is 13.5. The van der Waals surface area contributed by atoms with Crippen molar-refractivity contribution in [3.8, 4) is 0 Å². The third-order valence-corrected chi connectivity index (χ3v) is 5.08. The Morgan fingerprint density at radius 2 is 1.59 bits per heavy atom. The fourth-order valence-corrected chi connectivity index (χ4v) is 3.62. The number of carbonyl (C=O) groups excluding carboxylic acids is 2. The highest BCUT2D eigenvalue weighted by atomic mass is 16.3. The second-order valence-electron chi connectivity index (χ2n) is 6.79. The van der Waals surface area contributed by atoms with Gasteiger partial charge in [0.05, 0.1) is 6.10 Å². The van der Waals surface area contributed by atoms with E-state index in [2.05, 4.69) is 10.6 Å². The molecular weight excluding hydrogens is 280 g/mol. The predicted molar refractivity (Wildman–Crippen MR) is 85.2 cm³/mol. The number of carbonyl (C=O) groups is 2. The molecule has 5 heteroatoms. The van der Waals surface area contributed by atoms with Crippen LogP contribution in [0.2, 0.25) is 0 Å². The minimum absolute atomic E-state index is 0.0958. The highest BCUT2D eigenvalue weighted by Crippen LogP contribution is 2.27. The molecule has 0 aromatic heterocycles. The van der Waals surface area contributed by atoms with Gasteiger partial charge in [-0.2, -0.15) is 0 Å². The Bertz CT molecular complexity index is 361. The van der Waals surface area contributed by atoms with Crippen LogP contribution in [-0.4, -0.2) is 36.1 Å². The van der Waals surface area contributed by atoms with Crippen molar-refractivity contribution < 1.29 is 14.7 Å². The third kappa shape index (κ3) is 5.59. The van der Waals surface area contributed by atoms with E-state index in [0.29, 0.717) is 19.0 Å². The maximum absolute atomic E-state index is 11.9. The summed E-state index contributed by atoms with van der Waals surface area (Å²) in [5.41, 5.74) is 0. The summed E-state index contributed by atoms with van der Waals surface area (Å²) < 4.78 is 0. The van der Waals surface area contributed by atoms with Crippen molar-refractivity contribution in [1.82, 2.24) is 10.6 Å². The summed E-state index contributed by atoms with van der Waals surface area (Å²) in [6, 6.07) is 0. The highest BCUT2D eigenvalue weighted by Gasteiger charge is 2.23. The van der Waals surface area contributed by atoms with Crippen LogP contribution in [0.1, 0.15) is 64.2 Å². The van der Waals surface area contributed by atoms with Gasteiger partial charge in [-0.3, -0.25) is 9.59 Å². The van der Waals surface area contributed by atoms with Gasteiger partial charge in [-0.1, -0.05) is 32.1 Å². The highest BCUT2D eigenvalue weighted by molar-refractivity contribution is 5.80. The van der Waals surface area contributed by atoms with Crippen molar-refractivity contribution in [2.75, 3.05) is 13.1 Å². The zero-order chi connectivity index (χ0) is 15.8. The van der Waals surface area contributed by atoms with Crippen molar-refractivity contribution in [3.63, 3.8) is 0 Å². The lowest BCUT2D eigenvalue weighted by Crippen LogP contribution is -2.38. The van der Waals surface area contributed by atoms with Gasteiger partial charge in [0.25, 0.3) is 0 Å². The first-order valence-corrected chi connectivity index (χ1v) is 8.89. The van der Waals surface area contributed by atoms with E-state index in [1.54, 1.807) is 0 Å². The van der Waals surface area contributed by atoms with Crippen molar-refractivity contribution in [3.05, 3.63) is 0 Å². The summed E-state index contributed by atoms with van der Waals surface area (Å²) in [7, 11) is 0. The van der Waals surface area contributed by atoms with Crippen LogP contribution < -0.4 is 10.6 Å². The molecule has 0 aromatic rings. The van der Waals surface area contributed by atoms with Crippen LogP contribution in [0.25, 0.3) is 0 Å².